The van der Waals surface area contributed by atoms with Gasteiger partial charge in [-0.15, -0.1) is 10.2 Å². The first-order chi connectivity index (χ1) is 14.4. The molecule has 0 bridgehead atoms. The molecule has 12 heteroatoms. The molecule has 9 nitrogen and oxygen atoms in total. The zero-order valence-electron chi connectivity index (χ0n) is 15.2. The molecule has 0 aliphatic heterocycles. The van der Waals surface area contributed by atoms with E-state index in [1.165, 1.54) is 24.3 Å². The van der Waals surface area contributed by atoms with Crippen molar-refractivity contribution in [2.45, 2.75) is 10.9 Å². The fraction of sp³-hybridized carbons (Fsp3) is 0.111. The van der Waals surface area contributed by atoms with E-state index in [4.69, 9.17) is 11.6 Å². The van der Waals surface area contributed by atoms with E-state index in [1.807, 2.05) is 18.2 Å². The Balaban J connectivity index is 1.52. The highest BCUT2D eigenvalue weighted by molar-refractivity contribution is 8.01. The minimum atomic E-state index is -0.660. The maximum atomic E-state index is 12.3. The number of carbonyl (C=O) groups excluding carboxylic acids is 2. The number of amides is 2. The minimum absolute atomic E-state index is 0.0779. The van der Waals surface area contributed by atoms with E-state index in [0.29, 0.717) is 15.9 Å². The van der Waals surface area contributed by atoms with Gasteiger partial charge in [0.25, 0.3) is 11.6 Å². The molecule has 0 spiro atoms. The lowest BCUT2D eigenvalue weighted by atomic mass is 10.1. The number of hydrogen-bond donors (Lipinski definition) is 2. The Morgan fingerprint density at radius 2 is 1.87 bits per heavy atom. The van der Waals surface area contributed by atoms with Crippen molar-refractivity contribution < 1.29 is 14.5 Å². The SMILES string of the molecule is O=C(CSc1nnc(NC(=O)c2ccccc2[N+](=O)[O-])s1)NCc1ccccc1Cl. The van der Waals surface area contributed by atoms with Crippen molar-refractivity contribution >= 4 is 57.3 Å². The number of nitrogens with one attached hydrogen (secondary N) is 2. The standard InChI is InChI=1S/C18H14ClN5O4S2/c19-13-7-3-1-5-11(13)9-20-15(25)10-29-18-23-22-17(30-18)21-16(26)12-6-2-4-8-14(12)24(27)28/h1-8H,9-10H2,(H,20,25)(H,21,22,26). The molecule has 0 aliphatic rings. The number of nitrogens with zero attached hydrogens (tertiary/aromatic N) is 3. The summed E-state index contributed by atoms with van der Waals surface area (Å²) in [7, 11) is 0. The molecular weight excluding hydrogens is 450 g/mol. The van der Waals surface area contributed by atoms with E-state index in [9.17, 15) is 19.7 Å². The van der Waals surface area contributed by atoms with Crippen LogP contribution < -0.4 is 10.6 Å². The van der Waals surface area contributed by atoms with Crippen molar-refractivity contribution in [3.8, 4) is 0 Å². The number of thioether (sulfide) groups is 1. The van der Waals surface area contributed by atoms with Gasteiger partial charge in [-0.1, -0.05) is 65.0 Å². The molecule has 0 aliphatic carbocycles. The van der Waals surface area contributed by atoms with Crippen LogP contribution in [0.5, 0.6) is 0 Å². The molecule has 0 saturated heterocycles. The molecule has 0 atom stereocenters. The lowest BCUT2D eigenvalue weighted by molar-refractivity contribution is -0.385. The third kappa shape index (κ3) is 5.75. The number of anilines is 1. The Morgan fingerprint density at radius 1 is 1.13 bits per heavy atom. The molecule has 0 unspecified atom stereocenters. The van der Waals surface area contributed by atoms with Crippen molar-refractivity contribution in [1.29, 1.82) is 0 Å². The smallest absolute Gasteiger partial charge is 0.282 e. The van der Waals surface area contributed by atoms with Crippen LogP contribution in [-0.2, 0) is 11.3 Å². The Kier molecular flexibility index (Phi) is 7.33. The van der Waals surface area contributed by atoms with Crippen LogP contribution >= 0.6 is 34.7 Å². The van der Waals surface area contributed by atoms with Gasteiger partial charge in [-0.05, 0) is 17.7 Å². The quantitative estimate of drug-likeness (QED) is 0.225. The fourth-order valence-electron chi connectivity index (χ4n) is 2.32. The number of para-hydroxylation sites is 1. The summed E-state index contributed by atoms with van der Waals surface area (Å²) in [6.45, 7) is 0.312. The molecule has 3 aromatic rings. The molecule has 1 aromatic heterocycles. The van der Waals surface area contributed by atoms with E-state index in [1.54, 1.807) is 6.07 Å². The molecule has 3 rings (SSSR count). The molecule has 1 heterocycles. The van der Waals surface area contributed by atoms with Crippen molar-refractivity contribution in [2.24, 2.45) is 0 Å². The summed E-state index contributed by atoms with van der Waals surface area (Å²) in [4.78, 5) is 34.7. The second kappa shape index (κ2) is 10.1. The van der Waals surface area contributed by atoms with Gasteiger partial charge in [0.2, 0.25) is 11.0 Å². The lowest BCUT2D eigenvalue weighted by Crippen LogP contribution is -2.24. The van der Waals surface area contributed by atoms with E-state index in [2.05, 4.69) is 20.8 Å². The molecule has 154 valence electrons. The summed E-state index contributed by atoms with van der Waals surface area (Å²) in [5, 5.41) is 24.8. The maximum Gasteiger partial charge on any atom is 0.282 e. The monoisotopic (exact) mass is 463 g/mol. The second-order valence-corrected chi connectivity index (χ2v) is 8.37. The van der Waals surface area contributed by atoms with Crippen LogP contribution in [0.15, 0.2) is 52.9 Å². The summed E-state index contributed by atoms with van der Waals surface area (Å²) < 4.78 is 0.473. The number of halogens is 1. The number of hydrogen-bond acceptors (Lipinski definition) is 8. The first-order valence-corrected chi connectivity index (χ1v) is 10.6. The Labute approximate surface area is 184 Å². The number of rotatable bonds is 8. The van der Waals surface area contributed by atoms with Gasteiger partial charge in [0.15, 0.2) is 4.34 Å². The van der Waals surface area contributed by atoms with Gasteiger partial charge in [-0.2, -0.15) is 0 Å². The molecule has 0 fully saturated rings. The molecule has 0 saturated carbocycles. The van der Waals surface area contributed by atoms with Gasteiger partial charge in [-0.3, -0.25) is 25.0 Å². The van der Waals surface area contributed by atoms with E-state index >= 15 is 0 Å². The summed E-state index contributed by atoms with van der Waals surface area (Å²) in [6.07, 6.45) is 0. The largest absolute Gasteiger partial charge is 0.351 e. The zero-order valence-corrected chi connectivity index (χ0v) is 17.6. The molecule has 2 N–H and O–H groups in total. The Morgan fingerprint density at radius 3 is 2.63 bits per heavy atom. The number of aromatic nitrogens is 2. The Bertz CT molecular complexity index is 1090. The predicted molar refractivity (Wildman–Crippen MR) is 115 cm³/mol. The first-order valence-electron chi connectivity index (χ1n) is 8.45. The van der Waals surface area contributed by atoms with Gasteiger partial charge in [0.1, 0.15) is 5.56 Å². The average Bonchev–Trinajstić information content (AvgIpc) is 3.19. The number of nitro benzene ring substituents is 1. The van der Waals surface area contributed by atoms with Gasteiger partial charge >= 0.3 is 0 Å². The van der Waals surface area contributed by atoms with Crippen LogP contribution in [0.4, 0.5) is 10.8 Å². The van der Waals surface area contributed by atoms with Crippen LogP contribution in [0.3, 0.4) is 0 Å². The van der Waals surface area contributed by atoms with Gasteiger partial charge < -0.3 is 5.32 Å². The minimum Gasteiger partial charge on any atom is -0.351 e. The van der Waals surface area contributed by atoms with Crippen molar-refractivity contribution in [3.63, 3.8) is 0 Å². The van der Waals surface area contributed by atoms with Crippen LogP contribution in [0.25, 0.3) is 0 Å². The fourth-order valence-corrected chi connectivity index (χ4v) is 4.10. The third-order valence-electron chi connectivity index (χ3n) is 3.73. The first kappa shape index (κ1) is 21.7. The van der Waals surface area contributed by atoms with Gasteiger partial charge in [0.05, 0.1) is 10.7 Å². The van der Waals surface area contributed by atoms with Crippen LogP contribution in [0.2, 0.25) is 5.02 Å². The molecule has 2 amide bonds. The van der Waals surface area contributed by atoms with Crippen molar-refractivity contribution in [1.82, 2.24) is 15.5 Å². The summed E-state index contributed by atoms with van der Waals surface area (Å²) in [5.41, 5.74) is 0.434. The molecule has 0 radical (unpaired) electrons. The zero-order chi connectivity index (χ0) is 21.5. The van der Waals surface area contributed by atoms with Gasteiger partial charge in [-0.25, -0.2) is 0 Å². The summed E-state index contributed by atoms with van der Waals surface area (Å²) in [6, 6.07) is 12.8. The summed E-state index contributed by atoms with van der Waals surface area (Å²) in [5.74, 6) is -0.759. The van der Waals surface area contributed by atoms with E-state index in [-0.39, 0.29) is 28.0 Å². The van der Waals surface area contributed by atoms with Gasteiger partial charge in [0, 0.05) is 17.6 Å². The van der Waals surface area contributed by atoms with E-state index < -0.39 is 10.8 Å². The maximum absolute atomic E-state index is 12.3. The normalized spacial score (nSPS) is 10.4. The molecular formula is C18H14ClN5O4S2. The van der Waals surface area contributed by atoms with Crippen molar-refractivity contribution in [3.05, 3.63) is 74.8 Å². The average molecular weight is 464 g/mol. The molecule has 30 heavy (non-hydrogen) atoms. The lowest BCUT2D eigenvalue weighted by Gasteiger charge is -2.05. The van der Waals surface area contributed by atoms with E-state index in [0.717, 1.165) is 28.7 Å². The topological polar surface area (TPSA) is 127 Å². The van der Waals surface area contributed by atoms with Crippen LogP contribution in [0, 0.1) is 10.1 Å². The van der Waals surface area contributed by atoms with Crippen molar-refractivity contribution in [2.75, 3.05) is 11.1 Å². The number of nitro groups is 1. The van der Waals surface area contributed by atoms with Crippen LogP contribution in [-0.4, -0.2) is 32.7 Å². The highest BCUT2D eigenvalue weighted by Crippen LogP contribution is 2.26. The van der Waals surface area contributed by atoms with Crippen LogP contribution in [0.1, 0.15) is 15.9 Å². The second-order valence-electron chi connectivity index (χ2n) is 5.76. The number of carbonyl (C=O) groups is 2. The highest BCUT2D eigenvalue weighted by Gasteiger charge is 2.20. The predicted octanol–water partition coefficient (Wildman–Crippen LogP) is 3.76. The third-order valence-corrected chi connectivity index (χ3v) is 6.07. The highest BCUT2D eigenvalue weighted by atomic mass is 35.5. The molecule has 2 aromatic carbocycles. The Hall–Kier alpha value is -3.02. The number of benzene rings is 2. The summed E-state index contributed by atoms with van der Waals surface area (Å²) >= 11 is 8.28.